The molecule has 1 saturated carbocycles. The number of piperidine rings is 1. The summed E-state index contributed by atoms with van der Waals surface area (Å²) in [6, 6.07) is 0.666. The van der Waals surface area contributed by atoms with Gasteiger partial charge in [-0.3, -0.25) is 0 Å². The summed E-state index contributed by atoms with van der Waals surface area (Å²) < 4.78 is 0. The first-order valence-corrected chi connectivity index (χ1v) is 7.22. The number of nitrogens with zero attached hydrogens (tertiary/aromatic N) is 2. The van der Waals surface area contributed by atoms with E-state index in [2.05, 4.69) is 23.9 Å². The van der Waals surface area contributed by atoms with E-state index in [1.807, 2.05) is 0 Å². The van der Waals surface area contributed by atoms with Gasteiger partial charge in [-0.25, -0.2) is 0 Å². The molecule has 0 spiro atoms. The van der Waals surface area contributed by atoms with Crippen molar-refractivity contribution in [2.45, 2.75) is 50.7 Å². The average molecular weight is 240 g/mol. The largest absolute Gasteiger partial charge is 0.393 e. The third kappa shape index (κ3) is 3.94. The molecule has 0 aromatic heterocycles. The van der Waals surface area contributed by atoms with Gasteiger partial charge in [-0.2, -0.15) is 0 Å². The van der Waals surface area contributed by atoms with Crippen LogP contribution in [0.15, 0.2) is 0 Å². The van der Waals surface area contributed by atoms with Gasteiger partial charge >= 0.3 is 0 Å². The van der Waals surface area contributed by atoms with Crippen LogP contribution in [0.25, 0.3) is 0 Å². The third-order valence-corrected chi connectivity index (χ3v) is 4.41. The van der Waals surface area contributed by atoms with Crippen molar-refractivity contribution in [3.63, 3.8) is 0 Å². The van der Waals surface area contributed by atoms with Gasteiger partial charge in [0, 0.05) is 12.6 Å². The smallest absolute Gasteiger partial charge is 0.0555 e. The Morgan fingerprint density at radius 1 is 1.12 bits per heavy atom. The van der Waals surface area contributed by atoms with Crippen molar-refractivity contribution in [3.05, 3.63) is 0 Å². The van der Waals surface area contributed by atoms with E-state index >= 15 is 0 Å². The SMILES string of the molecule is CN(C)CC1CCN(C2CCCC(O)C2)CC1. The second-order valence-electron chi connectivity index (χ2n) is 6.22. The Balaban J connectivity index is 1.74. The minimum Gasteiger partial charge on any atom is -0.393 e. The summed E-state index contributed by atoms with van der Waals surface area (Å²) in [5.41, 5.74) is 0. The van der Waals surface area contributed by atoms with Gasteiger partial charge in [-0.15, -0.1) is 0 Å². The molecule has 2 unspecified atom stereocenters. The normalized spacial score (nSPS) is 33.2. The maximum absolute atomic E-state index is 9.75. The van der Waals surface area contributed by atoms with Crippen molar-refractivity contribution in [3.8, 4) is 0 Å². The molecule has 1 aliphatic heterocycles. The fourth-order valence-electron chi connectivity index (χ4n) is 3.49. The lowest BCUT2D eigenvalue weighted by atomic mass is 9.88. The Labute approximate surface area is 106 Å². The van der Waals surface area contributed by atoms with Crippen molar-refractivity contribution >= 4 is 0 Å². The van der Waals surface area contributed by atoms with Crippen LogP contribution in [0.3, 0.4) is 0 Å². The molecule has 3 heteroatoms. The molecule has 1 aliphatic carbocycles. The van der Waals surface area contributed by atoms with Gasteiger partial charge in [0.1, 0.15) is 0 Å². The molecule has 0 aromatic rings. The summed E-state index contributed by atoms with van der Waals surface area (Å²) in [6.07, 6.45) is 7.19. The van der Waals surface area contributed by atoms with Gasteiger partial charge in [0.05, 0.1) is 6.10 Å². The Morgan fingerprint density at radius 2 is 1.82 bits per heavy atom. The molecule has 2 aliphatic rings. The quantitative estimate of drug-likeness (QED) is 0.811. The highest BCUT2D eigenvalue weighted by molar-refractivity contribution is 4.83. The number of hydrogen-bond donors (Lipinski definition) is 1. The maximum atomic E-state index is 9.75. The molecular formula is C14H28N2O. The number of aliphatic hydroxyl groups is 1. The summed E-state index contributed by atoms with van der Waals surface area (Å²) in [5.74, 6) is 0.884. The van der Waals surface area contributed by atoms with E-state index in [9.17, 15) is 5.11 Å². The van der Waals surface area contributed by atoms with Crippen LogP contribution in [0, 0.1) is 5.92 Å². The molecule has 0 radical (unpaired) electrons. The van der Waals surface area contributed by atoms with Crippen molar-refractivity contribution < 1.29 is 5.11 Å². The highest BCUT2D eigenvalue weighted by Gasteiger charge is 2.28. The zero-order valence-electron chi connectivity index (χ0n) is 11.4. The molecule has 100 valence electrons. The minimum atomic E-state index is -0.0340. The van der Waals surface area contributed by atoms with E-state index in [-0.39, 0.29) is 6.10 Å². The molecule has 3 nitrogen and oxygen atoms in total. The Bertz CT molecular complexity index is 224. The zero-order valence-corrected chi connectivity index (χ0v) is 11.4. The van der Waals surface area contributed by atoms with Gasteiger partial charge in [0.15, 0.2) is 0 Å². The molecule has 0 aromatic carbocycles. The standard InChI is InChI=1S/C14H28N2O/c1-15(2)11-12-6-8-16(9-7-12)13-4-3-5-14(17)10-13/h12-14,17H,3-11H2,1-2H3. The van der Waals surface area contributed by atoms with Crippen LogP contribution in [0.2, 0.25) is 0 Å². The Morgan fingerprint density at radius 3 is 2.41 bits per heavy atom. The van der Waals surface area contributed by atoms with Gasteiger partial charge in [-0.1, -0.05) is 0 Å². The number of hydrogen-bond acceptors (Lipinski definition) is 3. The molecule has 17 heavy (non-hydrogen) atoms. The van der Waals surface area contributed by atoms with Gasteiger partial charge in [-0.05, 0) is 71.6 Å². The van der Waals surface area contributed by atoms with Crippen LogP contribution in [0.4, 0.5) is 0 Å². The molecule has 2 rings (SSSR count). The fraction of sp³-hybridized carbons (Fsp3) is 1.00. The van der Waals surface area contributed by atoms with Crippen LogP contribution in [-0.4, -0.2) is 60.8 Å². The highest BCUT2D eigenvalue weighted by atomic mass is 16.3. The van der Waals surface area contributed by atoms with Crippen LogP contribution in [0.1, 0.15) is 38.5 Å². The maximum Gasteiger partial charge on any atom is 0.0555 e. The van der Waals surface area contributed by atoms with Crippen LogP contribution < -0.4 is 0 Å². The van der Waals surface area contributed by atoms with E-state index in [0.29, 0.717) is 6.04 Å². The number of aliphatic hydroxyl groups excluding tert-OH is 1. The number of likely N-dealkylation sites (tertiary alicyclic amines) is 1. The molecular weight excluding hydrogens is 212 g/mol. The summed E-state index contributed by atoms with van der Waals surface area (Å²) in [4.78, 5) is 4.94. The molecule has 1 heterocycles. The average Bonchev–Trinajstić information content (AvgIpc) is 2.29. The van der Waals surface area contributed by atoms with Gasteiger partial charge in [0.25, 0.3) is 0 Å². The van der Waals surface area contributed by atoms with Crippen LogP contribution in [-0.2, 0) is 0 Å². The summed E-state index contributed by atoms with van der Waals surface area (Å²) >= 11 is 0. The van der Waals surface area contributed by atoms with Crippen molar-refractivity contribution in [1.82, 2.24) is 9.80 Å². The highest BCUT2D eigenvalue weighted by Crippen LogP contribution is 2.27. The lowest BCUT2D eigenvalue weighted by molar-refractivity contribution is 0.0419. The van der Waals surface area contributed by atoms with E-state index in [0.717, 1.165) is 18.8 Å². The van der Waals surface area contributed by atoms with Gasteiger partial charge < -0.3 is 14.9 Å². The summed E-state index contributed by atoms with van der Waals surface area (Å²) in [7, 11) is 4.34. The third-order valence-electron chi connectivity index (χ3n) is 4.41. The first-order chi connectivity index (χ1) is 8.15. The summed E-state index contributed by atoms with van der Waals surface area (Å²) in [5, 5.41) is 9.75. The molecule has 0 amide bonds. The lowest BCUT2D eigenvalue weighted by Gasteiger charge is -2.40. The molecule has 0 bridgehead atoms. The summed E-state index contributed by atoms with van der Waals surface area (Å²) in [6.45, 7) is 3.73. The van der Waals surface area contributed by atoms with Crippen molar-refractivity contribution in [2.75, 3.05) is 33.7 Å². The van der Waals surface area contributed by atoms with Crippen LogP contribution in [0.5, 0.6) is 0 Å². The zero-order chi connectivity index (χ0) is 12.3. The van der Waals surface area contributed by atoms with E-state index in [4.69, 9.17) is 0 Å². The fourth-order valence-corrected chi connectivity index (χ4v) is 3.49. The second kappa shape index (κ2) is 6.17. The topological polar surface area (TPSA) is 26.7 Å². The predicted molar refractivity (Wildman–Crippen MR) is 71.1 cm³/mol. The molecule has 2 atom stereocenters. The molecule has 2 fully saturated rings. The predicted octanol–water partition coefficient (Wildman–Crippen LogP) is 1.56. The number of rotatable bonds is 3. The first kappa shape index (κ1) is 13.3. The van der Waals surface area contributed by atoms with Gasteiger partial charge in [0.2, 0.25) is 0 Å². The Hall–Kier alpha value is -0.120. The van der Waals surface area contributed by atoms with E-state index < -0.39 is 0 Å². The van der Waals surface area contributed by atoms with Crippen LogP contribution >= 0.6 is 0 Å². The monoisotopic (exact) mass is 240 g/mol. The van der Waals surface area contributed by atoms with E-state index in [1.54, 1.807) is 0 Å². The van der Waals surface area contributed by atoms with Crippen molar-refractivity contribution in [2.24, 2.45) is 5.92 Å². The second-order valence-corrected chi connectivity index (χ2v) is 6.22. The lowest BCUT2D eigenvalue weighted by Crippen LogP contribution is -2.45. The first-order valence-electron chi connectivity index (χ1n) is 7.22. The molecule has 1 saturated heterocycles. The Kier molecular flexibility index (Phi) is 4.83. The minimum absolute atomic E-state index is 0.0340. The molecule has 1 N–H and O–H groups in total. The van der Waals surface area contributed by atoms with Crippen molar-refractivity contribution in [1.29, 1.82) is 0 Å². The van der Waals surface area contributed by atoms with E-state index in [1.165, 1.54) is 45.3 Å².